The van der Waals surface area contributed by atoms with Crippen molar-refractivity contribution in [3.05, 3.63) is 224 Å². The predicted molar refractivity (Wildman–Crippen MR) is 243 cm³/mol. The van der Waals surface area contributed by atoms with Crippen molar-refractivity contribution in [3.63, 3.8) is 0 Å². The van der Waals surface area contributed by atoms with Gasteiger partial charge in [0.25, 0.3) is 0 Å². The quantitative estimate of drug-likeness (QED) is 0.160. The van der Waals surface area contributed by atoms with Gasteiger partial charge in [-0.1, -0.05) is 146 Å². The van der Waals surface area contributed by atoms with Gasteiger partial charge in [-0.15, -0.1) is 11.3 Å². The van der Waals surface area contributed by atoms with E-state index in [1.807, 2.05) is 11.3 Å². The molecule has 57 heavy (non-hydrogen) atoms. The Hall–Kier alpha value is -6.94. The van der Waals surface area contributed by atoms with E-state index in [0.717, 1.165) is 23.5 Å². The molecule has 0 radical (unpaired) electrons. The highest BCUT2D eigenvalue weighted by Gasteiger charge is 2.38. The van der Waals surface area contributed by atoms with Gasteiger partial charge in [0.05, 0.1) is 5.69 Å². The lowest BCUT2D eigenvalue weighted by atomic mass is 9.89. The summed E-state index contributed by atoms with van der Waals surface area (Å²) in [5, 5.41) is 2.68. The molecular formula is C54H38N2S. The Morgan fingerprint density at radius 3 is 1.61 bits per heavy atom. The van der Waals surface area contributed by atoms with Crippen molar-refractivity contribution < 1.29 is 0 Å². The summed E-state index contributed by atoms with van der Waals surface area (Å²) in [6.07, 6.45) is 7.87. The second-order valence-corrected chi connectivity index (χ2v) is 15.9. The van der Waals surface area contributed by atoms with Crippen LogP contribution < -0.4 is 9.80 Å². The molecule has 1 aliphatic carbocycles. The molecule has 0 N–H and O–H groups in total. The molecule has 1 atom stereocenters. The second-order valence-electron chi connectivity index (χ2n) is 14.9. The van der Waals surface area contributed by atoms with E-state index in [1.54, 1.807) is 0 Å². The van der Waals surface area contributed by atoms with Gasteiger partial charge >= 0.3 is 0 Å². The fourth-order valence-electron chi connectivity index (χ4n) is 8.85. The van der Waals surface area contributed by atoms with E-state index >= 15 is 0 Å². The normalized spacial score (nSPS) is 14.4. The molecule has 1 aromatic heterocycles. The molecule has 0 spiro atoms. The van der Waals surface area contributed by atoms with Crippen molar-refractivity contribution in [2.24, 2.45) is 0 Å². The summed E-state index contributed by atoms with van der Waals surface area (Å²) >= 11 is 1.91. The summed E-state index contributed by atoms with van der Waals surface area (Å²) in [4.78, 5) is 4.90. The van der Waals surface area contributed by atoms with Gasteiger partial charge in [-0.25, -0.2) is 0 Å². The van der Waals surface area contributed by atoms with Crippen molar-refractivity contribution in [3.8, 4) is 33.4 Å². The van der Waals surface area contributed by atoms with Crippen LogP contribution in [0.5, 0.6) is 0 Å². The summed E-state index contributed by atoms with van der Waals surface area (Å²) in [7, 11) is 0. The number of nitrogens with zero attached hydrogens (tertiary/aromatic N) is 2. The van der Waals surface area contributed by atoms with Crippen LogP contribution in [0.1, 0.15) is 17.9 Å². The molecule has 0 saturated carbocycles. The first-order valence-corrected chi connectivity index (χ1v) is 20.5. The first-order chi connectivity index (χ1) is 28.3. The van der Waals surface area contributed by atoms with E-state index in [4.69, 9.17) is 0 Å². The topological polar surface area (TPSA) is 6.48 Å². The van der Waals surface area contributed by atoms with Crippen LogP contribution in [0.25, 0.3) is 53.6 Å². The lowest BCUT2D eigenvalue weighted by molar-refractivity contribution is 0.820. The van der Waals surface area contributed by atoms with E-state index in [1.165, 1.54) is 76.2 Å². The Kier molecular flexibility index (Phi) is 8.19. The Balaban J connectivity index is 1.04. The van der Waals surface area contributed by atoms with Gasteiger partial charge < -0.3 is 9.80 Å². The third kappa shape index (κ3) is 5.78. The fraction of sp³-hybridized carbons (Fsp3) is 0.0370. The zero-order valence-electron chi connectivity index (χ0n) is 31.3. The molecule has 0 saturated heterocycles. The van der Waals surface area contributed by atoms with Gasteiger partial charge in [0.2, 0.25) is 0 Å². The molecule has 8 aromatic carbocycles. The maximum atomic E-state index is 2.53. The summed E-state index contributed by atoms with van der Waals surface area (Å²) in [6, 6.07) is 70.7. The van der Waals surface area contributed by atoms with Crippen molar-refractivity contribution in [1.82, 2.24) is 0 Å². The maximum absolute atomic E-state index is 2.53. The minimum atomic E-state index is 0.305. The van der Waals surface area contributed by atoms with Crippen LogP contribution >= 0.6 is 11.3 Å². The Morgan fingerprint density at radius 1 is 0.509 bits per heavy atom. The number of benzene rings is 8. The molecule has 9 aromatic rings. The van der Waals surface area contributed by atoms with Gasteiger partial charge in [-0.2, -0.15) is 0 Å². The summed E-state index contributed by atoms with van der Waals surface area (Å²) in [5.74, 6) is 0.305. The first kappa shape index (κ1) is 33.4. The van der Waals surface area contributed by atoms with Gasteiger partial charge in [-0.05, 0) is 112 Å². The van der Waals surface area contributed by atoms with E-state index < -0.39 is 0 Å². The van der Waals surface area contributed by atoms with Crippen molar-refractivity contribution in [2.45, 2.75) is 12.3 Å². The van der Waals surface area contributed by atoms with Gasteiger partial charge in [0, 0.05) is 54.5 Å². The molecule has 0 fully saturated rings. The van der Waals surface area contributed by atoms with Crippen molar-refractivity contribution >= 4 is 59.9 Å². The number of fused-ring (bicyclic) bond motifs is 7. The van der Waals surface area contributed by atoms with E-state index in [9.17, 15) is 0 Å². The number of hydrogen-bond acceptors (Lipinski definition) is 3. The molecule has 0 amide bonds. The second kappa shape index (κ2) is 14.0. The summed E-state index contributed by atoms with van der Waals surface area (Å²) < 4.78 is 2.65. The third-order valence-electron chi connectivity index (χ3n) is 11.6. The molecule has 0 bridgehead atoms. The van der Waals surface area contributed by atoms with Crippen LogP contribution in [0.2, 0.25) is 0 Å². The lowest BCUT2D eigenvalue weighted by Gasteiger charge is -2.26. The van der Waals surface area contributed by atoms with Crippen LogP contribution in [-0.2, 0) is 0 Å². The van der Waals surface area contributed by atoms with Gasteiger partial charge in [0.15, 0.2) is 0 Å². The highest BCUT2D eigenvalue weighted by Crippen LogP contribution is 2.57. The Labute approximate surface area is 337 Å². The van der Waals surface area contributed by atoms with Crippen molar-refractivity contribution in [2.75, 3.05) is 9.80 Å². The monoisotopic (exact) mass is 746 g/mol. The molecule has 1 unspecified atom stereocenters. The average Bonchev–Trinajstić information content (AvgIpc) is 3.84. The summed E-state index contributed by atoms with van der Waals surface area (Å²) in [6.45, 7) is 0. The Morgan fingerprint density at radius 2 is 1.02 bits per heavy atom. The minimum Gasteiger partial charge on any atom is -0.313 e. The van der Waals surface area contributed by atoms with Crippen LogP contribution in [0.15, 0.2) is 218 Å². The molecule has 1 aliphatic heterocycles. The number of rotatable bonds is 7. The van der Waals surface area contributed by atoms with Gasteiger partial charge in [-0.3, -0.25) is 0 Å². The minimum absolute atomic E-state index is 0.305. The molecule has 2 aliphatic rings. The Bertz CT molecular complexity index is 2860. The standard InChI is InChI=1S/C54H38N2S/c1-4-14-37(15-5-1)39-24-30-43(31-25-39)55(44-32-26-40(27-33-44)38-16-6-2-7-17-38)45-34-28-41(29-35-45)48-36-49-46-20-10-12-22-50(46)56(42-18-8-3-9-19-42)53(49)52-47-21-11-13-23-51(47)57-54(48)52/h1-19,21-36,46H,20H2. The zero-order chi connectivity index (χ0) is 37.7. The predicted octanol–water partition coefficient (Wildman–Crippen LogP) is 15.6. The SMILES string of the molecule is C1=CCC2C(=C1)N(c1ccccc1)c1c2cc(-c2ccc(N(c3ccc(-c4ccccc4)cc3)c3ccc(-c4ccccc4)cc3)cc2)c2sc3ccccc3c12. The van der Waals surface area contributed by atoms with Crippen LogP contribution in [0, 0.1) is 0 Å². The number of thiophene rings is 1. The van der Waals surface area contributed by atoms with E-state index in [-0.39, 0.29) is 0 Å². The summed E-state index contributed by atoms with van der Waals surface area (Å²) in [5.41, 5.74) is 16.0. The largest absolute Gasteiger partial charge is 0.313 e. The molecule has 2 nitrogen and oxygen atoms in total. The first-order valence-electron chi connectivity index (χ1n) is 19.7. The average molecular weight is 747 g/mol. The van der Waals surface area contributed by atoms with Crippen LogP contribution in [-0.4, -0.2) is 0 Å². The van der Waals surface area contributed by atoms with Gasteiger partial charge in [0.1, 0.15) is 0 Å². The molecule has 11 rings (SSSR count). The number of hydrogen-bond donors (Lipinski definition) is 0. The lowest BCUT2D eigenvalue weighted by Crippen LogP contribution is -2.14. The van der Waals surface area contributed by atoms with Crippen molar-refractivity contribution in [1.29, 1.82) is 0 Å². The zero-order valence-corrected chi connectivity index (χ0v) is 32.1. The van der Waals surface area contributed by atoms with E-state index in [0.29, 0.717) is 5.92 Å². The highest BCUT2D eigenvalue weighted by atomic mass is 32.1. The smallest absolute Gasteiger partial charge is 0.0591 e. The van der Waals surface area contributed by atoms with Crippen LogP contribution in [0.4, 0.5) is 28.4 Å². The fourth-order valence-corrected chi connectivity index (χ4v) is 10.1. The van der Waals surface area contributed by atoms with E-state index in [2.05, 4.69) is 222 Å². The third-order valence-corrected chi connectivity index (χ3v) is 12.8. The number of para-hydroxylation sites is 1. The molecule has 3 heteroatoms. The number of anilines is 5. The molecular weight excluding hydrogens is 709 g/mol. The van der Waals surface area contributed by atoms with Crippen LogP contribution in [0.3, 0.4) is 0 Å². The molecule has 270 valence electrons. The highest BCUT2D eigenvalue weighted by molar-refractivity contribution is 7.26. The number of allylic oxidation sites excluding steroid dienone is 4. The molecule has 2 heterocycles. The maximum Gasteiger partial charge on any atom is 0.0591 e.